The largest absolute Gasteiger partial charge is 0.343 e. The highest BCUT2D eigenvalue weighted by Gasteiger charge is 2.12. The third-order valence-electron chi connectivity index (χ3n) is 3.64. The van der Waals surface area contributed by atoms with Gasteiger partial charge >= 0.3 is 0 Å². The van der Waals surface area contributed by atoms with E-state index in [2.05, 4.69) is 20.8 Å². The topological polar surface area (TPSA) is 88.9 Å². The smallest absolute Gasteiger partial charge is 0.254 e. The van der Waals surface area contributed by atoms with Gasteiger partial charge in [-0.15, -0.1) is 10.2 Å². The fraction of sp³-hybridized carbons (Fsp3) is 0.111. The summed E-state index contributed by atoms with van der Waals surface area (Å²) < 4.78 is 15.3. The summed E-state index contributed by atoms with van der Waals surface area (Å²) in [6, 6.07) is 12.7. The van der Waals surface area contributed by atoms with E-state index < -0.39 is 17.6 Å². The lowest BCUT2D eigenvalue weighted by atomic mass is 10.2. The van der Waals surface area contributed by atoms with Crippen molar-refractivity contribution in [1.29, 1.82) is 0 Å². The van der Waals surface area contributed by atoms with Gasteiger partial charge in [-0.25, -0.2) is 4.39 Å². The van der Waals surface area contributed by atoms with Gasteiger partial charge in [0.1, 0.15) is 12.1 Å². The Labute approximate surface area is 148 Å². The molecule has 3 rings (SSSR count). The zero-order valence-corrected chi connectivity index (χ0v) is 13.9. The maximum atomic E-state index is 13.5. The third kappa shape index (κ3) is 3.92. The molecule has 26 heavy (non-hydrogen) atoms. The Hall–Kier alpha value is -3.55. The van der Waals surface area contributed by atoms with Gasteiger partial charge in [0.25, 0.3) is 5.91 Å². The van der Waals surface area contributed by atoms with Crippen molar-refractivity contribution in [3.8, 4) is 11.4 Å². The van der Waals surface area contributed by atoms with Crippen LogP contribution in [0.5, 0.6) is 0 Å². The highest BCUT2D eigenvalue weighted by molar-refractivity contribution is 5.99. The number of carbonyl (C=O) groups excluding carboxylic acids is 2. The van der Waals surface area contributed by atoms with E-state index in [0.29, 0.717) is 11.5 Å². The molecule has 0 aliphatic carbocycles. The minimum absolute atomic E-state index is 0.107. The van der Waals surface area contributed by atoms with Crippen LogP contribution in [-0.2, 0) is 11.8 Å². The van der Waals surface area contributed by atoms with Crippen molar-refractivity contribution in [1.82, 2.24) is 20.1 Å². The zero-order valence-electron chi connectivity index (χ0n) is 13.9. The van der Waals surface area contributed by atoms with Crippen molar-refractivity contribution >= 4 is 17.5 Å². The maximum absolute atomic E-state index is 13.5. The molecule has 132 valence electrons. The highest BCUT2D eigenvalue weighted by Crippen LogP contribution is 2.19. The van der Waals surface area contributed by atoms with Gasteiger partial charge in [0.2, 0.25) is 5.91 Å². The molecule has 1 aromatic heterocycles. The van der Waals surface area contributed by atoms with Crippen molar-refractivity contribution in [2.45, 2.75) is 0 Å². The number of halogens is 1. The second-order valence-electron chi connectivity index (χ2n) is 5.56. The SMILES string of the molecule is Cn1cnnc1-c1cccc(NC(=O)CNC(=O)c2ccccc2F)c1. The van der Waals surface area contributed by atoms with E-state index in [4.69, 9.17) is 0 Å². The van der Waals surface area contributed by atoms with Crippen molar-refractivity contribution in [2.24, 2.45) is 7.05 Å². The van der Waals surface area contributed by atoms with E-state index in [1.807, 2.05) is 13.1 Å². The quantitative estimate of drug-likeness (QED) is 0.734. The van der Waals surface area contributed by atoms with Gasteiger partial charge in [0, 0.05) is 18.3 Å². The maximum Gasteiger partial charge on any atom is 0.254 e. The van der Waals surface area contributed by atoms with Gasteiger partial charge in [-0.2, -0.15) is 0 Å². The molecule has 0 bridgehead atoms. The van der Waals surface area contributed by atoms with Crippen molar-refractivity contribution in [3.63, 3.8) is 0 Å². The molecule has 0 radical (unpaired) electrons. The Morgan fingerprint density at radius 2 is 1.96 bits per heavy atom. The lowest BCUT2D eigenvalue weighted by Crippen LogP contribution is -2.33. The number of rotatable bonds is 5. The Balaban J connectivity index is 1.61. The van der Waals surface area contributed by atoms with E-state index in [1.165, 1.54) is 18.2 Å². The van der Waals surface area contributed by atoms with Gasteiger partial charge in [0.15, 0.2) is 5.82 Å². The van der Waals surface area contributed by atoms with Crippen LogP contribution in [-0.4, -0.2) is 33.1 Å². The molecule has 0 spiro atoms. The molecule has 0 saturated heterocycles. The predicted molar refractivity (Wildman–Crippen MR) is 93.8 cm³/mol. The molecular weight excluding hydrogens is 337 g/mol. The summed E-state index contributed by atoms with van der Waals surface area (Å²) >= 11 is 0. The molecule has 0 saturated carbocycles. The van der Waals surface area contributed by atoms with Crippen molar-refractivity contribution in [2.75, 3.05) is 11.9 Å². The molecule has 3 aromatic rings. The highest BCUT2D eigenvalue weighted by atomic mass is 19.1. The number of amides is 2. The third-order valence-corrected chi connectivity index (χ3v) is 3.64. The summed E-state index contributed by atoms with van der Waals surface area (Å²) in [7, 11) is 1.82. The van der Waals surface area contributed by atoms with Crippen LogP contribution in [0.1, 0.15) is 10.4 Å². The second-order valence-corrected chi connectivity index (χ2v) is 5.56. The summed E-state index contributed by atoms with van der Waals surface area (Å²) in [5.41, 5.74) is 1.23. The summed E-state index contributed by atoms with van der Waals surface area (Å²) in [6.07, 6.45) is 1.58. The van der Waals surface area contributed by atoms with Gasteiger partial charge in [-0.3, -0.25) is 9.59 Å². The zero-order chi connectivity index (χ0) is 18.5. The first kappa shape index (κ1) is 17.3. The van der Waals surface area contributed by atoms with E-state index in [0.717, 1.165) is 5.56 Å². The van der Waals surface area contributed by atoms with Gasteiger partial charge in [-0.05, 0) is 24.3 Å². The number of anilines is 1. The Bertz CT molecular complexity index is 954. The van der Waals surface area contributed by atoms with Crippen LogP contribution in [0.3, 0.4) is 0 Å². The number of nitrogens with one attached hydrogen (secondary N) is 2. The molecule has 0 aliphatic rings. The first-order valence-electron chi connectivity index (χ1n) is 7.81. The first-order valence-corrected chi connectivity index (χ1v) is 7.81. The van der Waals surface area contributed by atoms with Gasteiger partial charge in [0.05, 0.1) is 12.1 Å². The number of aryl methyl sites for hydroxylation is 1. The monoisotopic (exact) mass is 353 g/mol. The molecule has 2 aromatic carbocycles. The first-order chi connectivity index (χ1) is 12.5. The summed E-state index contributed by atoms with van der Waals surface area (Å²) in [6.45, 7) is -0.276. The van der Waals surface area contributed by atoms with E-state index in [9.17, 15) is 14.0 Å². The number of aromatic nitrogens is 3. The van der Waals surface area contributed by atoms with Crippen LogP contribution in [0.25, 0.3) is 11.4 Å². The molecule has 2 N–H and O–H groups in total. The van der Waals surface area contributed by atoms with E-state index in [-0.39, 0.29) is 12.1 Å². The summed E-state index contributed by atoms with van der Waals surface area (Å²) in [5.74, 6) is -1.05. The van der Waals surface area contributed by atoms with Gasteiger partial charge in [-0.1, -0.05) is 24.3 Å². The Morgan fingerprint density at radius 1 is 1.15 bits per heavy atom. The number of benzene rings is 2. The molecule has 0 unspecified atom stereocenters. The lowest BCUT2D eigenvalue weighted by molar-refractivity contribution is -0.115. The van der Waals surface area contributed by atoms with E-state index >= 15 is 0 Å². The van der Waals surface area contributed by atoms with Crippen LogP contribution >= 0.6 is 0 Å². The fourth-order valence-electron chi connectivity index (χ4n) is 2.39. The normalized spacial score (nSPS) is 10.4. The van der Waals surface area contributed by atoms with Crippen LogP contribution in [0.2, 0.25) is 0 Å². The van der Waals surface area contributed by atoms with Crippen molar-refractivity contribution in [3.05, 3.63) is 66.2 Å². The number of hydrogen-bond acceptors (Lipinski definition) is 4. The lowest BCUT2D eigenvalue weighted by Gasteiger charge is -2.09. The fourth-order valence-corrected chi connectivity index (χ4v) is 2.39. The van der Waals surface area contributed by atoms with Crippen molar-refractivity contribution < 1.29 is 14.0 Å². The average Bonchev–Trinajstić information content (AvgIpc) is 3.06. The second kappa shape index (κ2) is 7.56. The van der Waals surface area contributed by atoms with Crippen LogP contribution in [0.4, 0.5) is 10.1 Å². The predicted octanol–water partition coefficient (Wildman–Crippen LogP) is 1.99. The van der Waals surface area contributed by atoms with E-state index in [1.54, 1.807) is 35.2 Å². The molecule has 0 fully saturated rings. The molecule has 0 aliphatic heterocycles. The standard InChI is InChI=1S/C18H16FN5O2/c1-24-11-21-23-17(24)12-5-4-6-13(9-12)22-16(25)10-20-18(26)14-7-2-3-8-15(14)19/h2-9,11H,10H2,1H3,(H,20,26)(H,22,25). The summed E-state index contributed by atoms with van der Waals surface area (Å²) in [5, 5.41) is 12.9. The minimum atomic E-state index is -0.647. The molecular formula is C18H16FN5O2. The van der Waals surface area contributed by atoms with Crippen LogP contribution in [0, 0.1) is 5.82 Å². The molecule has 2 amide bonds. The molecule has 0 atom stereocenters. The molecule has 1 heterocycles. The number of carbonyl (C=O) groups is 2. The number of hydrogen-bond donors (Lipinski definition) is 2. The van der Waals surface area contributed by atoms with Crippen LogP contribution < -0.4 is 10.6 Å². The average molecular weight is 353 g/mol. The number of nitrogens with zero attached hydrogens (tertiary/aromatic N) is 3. The van der Waals surface area contributed by atoms with Gasteiger partial charge < -0.3 is 15.2 Å². The minimum Gasteiger partial charge on any atom is -0.343 e. The summed E-state index contributed by atoms with van der Waals surface area (Å²) in [4.78, 5) is 24.0. The Kier molecular flexibility index (Phi) is 5.02. The molecule has 8 heteroatoms. The van der Waals surface area contributed by atoms with Crippen LogP contribution in [0.15, 0.2) is 54.9 Å². The molecule has 7 nitrogen and oxygen atoms in total. The Morgan fingerprint density at radius 3 is 2.69 bits per heavy atom.